The van der Waals surface area contributed by atoms with E-state index in [-0.39, 0.29) is 20.4 Å². The molecule has 0 atom stereocenters. The molecule has 0 aromatic heterocycles. The van der Waals surface area contributed by atoms with Crippen LogP contribution in [0.1, 0.15) is 6.92 Å². The second-order valence-electron chi connectivity index (χ2n) is 2.19. The van der Waals surface area contributed by atoms with Crippen LogP contribution in [-0.2, 0) is 9.36 Å². The fraction of sp³-hybridized carbons (Fsp3) is 0.429. The fourth-order valence-corrected chi connectivity index (χ4v) is 0.802. The number of rotatable bonds is 2. The molecule has 0 aromatic rings. The molecule has 0 saturated carbocycles. The summed E-state index contributed by atoms with van der Waals surface area (Å²) in [5.74, 6) is -0.152. The van der Waals surface area contributed by atoms with Crippen molar-refractivity contribution in [3.05, 3.63) is 12.2 Å². The van der Waals surface area contributed by atoms with E-state index in [0.29, 0.717) is 5.57 Å². The summed E-state index contributed by atoms with van der Waals surface area (Å²) in [6.07, 6.45) is 0. The van der Waals surface area contributed by atoms with E-state index in [0.717, 1.165) is 0 Å². The summed E-state index contributed by atoms with van der Waals surface area (Å²) in [5, 5.41) is 0. The van der Waals surface area contributed by atoms with Crippen LogP contribution in [0, 0.1) is 5.63 Å². The Balaban J connectivity index is 4.10. The van der Waals surface area contributed by atoms with Crippen molar-refractivity contribution < 1.29 is 9.36 Å². The molecule has 0 unspecified atom stereocenters. The first-order valence-corrected chi connectivity index (χ1v) is 3.87. The van der Waals surface area contributed by atoms with Gasteiger partial charge >= 0.3 is 66.4 Å². The van der Waals surface area contributed by atoms with Gasteiger partial charge in [0.2, 0.25) is 0 Å². The molecule has 0 N–H and O–H groups in total. The van der Waals surface area contributed by atoms with Gasteiger partial charge in [0.25, 0.3) is 0 Å². The third-order valence-electron chi connectivity index (χ3n) is 1.08. The molecule has 0 aliphatic heterocycles. The van der Waals surface area contributed by atoms with E-state index in [1.807, 2.05) is 0 Å². The molecule has 0 fully saturated rings. The van der Waals surface area contributed by atoms with Crippen LogP contribution in [0.25, 0.3) is 0 Å². The van der Waals surface area contributed by atoms with Gasteiger partial charge in [-0.25, -0.2) is 0 Å². The maximum absolute atomic E-state index is 11.0. The first-order chi connectivity index (χ1) is 5.09. The van der Waals surface area contributed by atoms with Crippen molar-refractivity contribution in [1.82, 2.24) is 4.90 Å². The monoisotopic (exact) mass is 171 g/mol. The Kier molecular flexibility index (Phi) is 4.60. The first-order valence-electron chi connectivity index (χ1n) is 3.05. The number of nitrogens with zero attached hydrogens (tertiary/aromatic N) is 1. The van der Waals surface area contributed by atoms with Crippen LogP contribution in [0.4, 0.5) is 0 Å². The summed E-state index contributed by atoms with van der Waals surface area (Å²) < 4.78 is 9.93. The van der Waals surface area contributed by atoms with Crippen molar-refractivity contribution in [2.45, 2.75) is 6.92 Å². The van der Waals surface area contributed by atoms with Crippen molar-refractivity contribution >= 4 is 13.8 Å². The fourth-order valence-electron chi connectivity index (χ4n) is 0.533. The molecule has 0 heterocycles. The molecule has 0 bridgehead atoms. The standard InChI is InChI=1S/C7H10NO2P/c1-6(2)7(9)8(3)4-5-11-10/h1,4H2,2-3H3. The summed E-state index contributed by atoms with van der Waals surface area (Å²) in [6.45, 7) is 5.38. The van der Waals surface area contributed by atoms with E-state index in [1.165, 1.54) is 4.90 Å². The van der Waals surface area contributed by atoms with Crippen LogP contribution >= 0.6 is 7.92 Å². The molecule has 60 valence electrons. The van der Waals surface area contributed by atoms with Gasteiger partial charge in [-0.15, -0.1) is 0 Å². The van der Waals surface area contributed by atoms with Gasteiger partial charge in [0, 0.05) is 0 Å². The number of amides is 1. The average Bonchev–Trinajstić information content (AvgIpc) is 1.98. The van der Waals surface area contributed by atoms with E-state index in [2.05, 4.69) is 12.2 Å². The van der Waals surface area contributed by atoms with Gasteiger partial charge in [-0.3, -0.25) is 0 Å². The second-order valence-corrected chi connectivity index (χ2v) is 2.69. The zero-order chi connectivity index (χ0) is 8.85. The normalized spacial score (nSPS) is 8.18. The Morgan fingerprint density at radius 1 is 1.73 bits per heavy atom. The molecule has 0 aliphatic rings. The Morgan fingerprint density at radius 3 is 2.64 bits per heavy atom. The van der Waals surface area contributed by atoms with Gasteiger partial charge in [-0.05, 0) is 0 Å². The Hall–Kier alpha value is -0.780. The van der Waals surface area contributed by atoms with Crippen LogP contribution in [0.5, 0.6) is 0 Å². The van der Waals surface area contributed by atoms with E-state index < -0.39 is 0 Å². The molecule has 0 rings (SSSR count). The quantitative estimate of drug-likeness (QED) is 0.463. The molecule has 0 aliphatic carbocycles. The van der Waals surface area contributed by atoms with Crippen molar-refractivity contribution in [2.75, 3.05) is 13.6 Å². The molecule has 1 amide bonds. The van der Waals surface area contributed by atoms with Gasteiger partial charge in [-0.2, -0.15) is 0 Å². The predicted octanol–water partition coefficient (Wildman–Crippen LogP) is 1.27. The molecule has 0 saturated heterocycles. The van der Waals surface area contributed by atoms with Crippen LogP contribution in [0.2, 0.25) is 0 Å². The Labute approximate surface area is 67.2 Å². The second kappa shape index (κ2) is 4.95. The van der Waals surface area contributed by atoms with E-state index >= 15 is 0 Å². The minimum absolute atomic E-state index is 0.152. The molecule has 0 aromatic carbocycles. The maximum atomic E-state index is 11.0. The average molecular weight is 171 g/mol. The van der Waals surface area contributed by atoms with Crippen molar-refractivity contribution in [1.29, 1.82) is 0 Å². The molecule has 0 radical (unpaired) electrons. The number of carbonyl (C=O) groups excluding carboxylic acids is 1. The Bertz CT molecular complexity index is 265. The SMILES string of the molecule is C=C(C)C(=O)N(C)CC#P=O. The first kappa shape index (κ1) is 10.2. The topological polar surface area (TPSA) is 37.4 Å². The predicted molar refractivity (Wildman–Crippen MR) is 43.9 cm³/mol. The number of hydrogen-bond donors (Lipinski definition) is 0. The van der Waals surface area contributed by atoms with E-state index in [1.54, 1.807) is 14.0 Å². The van der Waals surface area contributed by atoms with Crippen LogP contribution < -0.4 is 0 Å². The van der Waals surface area contributed by atoms with Gasteiger partial charge < -0.3 is 0 Å². The zero-order valence-corrected chi connectivity index (χ0v) is 7.52. The van der Waals surface area contributed by atoms with Gasteiger partial charge in [-0.1, -0.05) is 0 Å². The summed E-state index contributed by atoms with van der Waals surface area (Å²) in [4.78, 5) is 12.4. The van der Waals surface area contributed by atoms with E-state index in [4.69, 9.17) is 0 Å². The molecule has 3 nitrogen and oxygen atoms in total. The summed E-state index contributed by atoms with van der Waals surface area (Å²) >= 11 is 0. The van der Waals surface area contributed by atoms with Crippen LogP contribution in [0.15, 0.2) is 12.2 Å². The number of carbonyl (C=O) groups is 1. The van der Waals surface area contributed by atoms with Crippen molar-refractivity contribution in [2.24, 2.45) is 0 Å². The van der Waals surface area contributed by atoms with Crippen LogP contribution in [0.3, 0.4) is 0 Å². The summed E-state index contributed by atoms with van der Waals surface area (Å²) in [6, 6.07) is 0. The molecular weight excluding hydrogens is 161 g/mol. The Morgan fingerprint density at radius 2 is 2.27 bits per heavy atom. The van der Waals surface area contributed by atoms with Crippen LogP contribution in [-0.4, -0.2) is 24.4 Å². The van der Waals surface area contributed by atoms with Crippen molar-refractivity contribution in [3.8, 4) is 5.63 Å². The molecule has 11 heavy (non-hydrogen) atoms. The molecule has 4 heteroatoms. The third kappa shape index (κ3) is 3.82. The van der Waals surface area contributed by atoms with Gasteiger partial charge in [0.1, 0.15) is 0 Å². The summed E-state index contributed by atoms with van der Waals surface area (Å²) in [7, 11) is 1.43. The number of likely N-dealkylation sites (N-methyl/N-ethyl adjacent to an activating group) is 1. The third-order valence-corrected chi connectivity index (χ3v) is 1.35. The van der Waals surface area contributed by atoms with Gasteiger partial charge in [0.05, 0.1) is 0 Å². The van der Waals surface area contributed by atoms with E-state index in [9.17, 15) is 9.36 Å². The molecular formula is C7H10NO2P. The summed E-state index contributed by atoms with van der Waals surface area (Å²) in [5.41, 5.74) is 2.93. The molecule has 0 spiro atoms. The zero-order valence-electron chi connectivity index (χ0n) is 6.63. The van der Waals surface area contributed by atoms with Gasteiger partial charge in [0.15, 0.2) is 0 Å². The minimum atomic E-state index is -0.176. The number of hydrogen-bond acceptors (Lipinski definition) is 2. The van der Waals surface area contributed by atoms with Crippen molar-refractivity contribution in [3.63, 3.8) is 0 Å².